The lowest BCUT2D eigenvalue weighted by Crippen LogP contribution is -2.05. The van der Waals surface area contributed by atoms with Gasteiger partial charge in [0, 0.05) is 10.4 Å². The molecule has 0 unspecified atom stereocenters. The molecule has 0 atom stereocenters. The number of hydrogen-bond donors (Lipinski definition) is 2. The van der Waals surface area contributed by atoms with E-state index in [1.807, 2.05) is 13.0 Å². The number of ether oxygens (including phenoxy) is 1. The van der Waals surface area contributed by atoms with Gasteiger partial charge in [-0.1, -0.05) is 0 Å². The standard InChI is InChI=1S/C13H17N3OS/c1-7-5-10(11(17-4)6-8(7)2)12-9(3)18-13(15-12)16-14/h5-6H,14H2,1-4H3,(H,15,16). The second-order valence-corrected chi connectivity index (χ2v) is 5.41. The Morgan fingerprint density at radius 2 is 1.89 bits per heavy atom. The van der Waals surface area contributed by atoms with Gasteiger partial charge in [-0.3, -0.25) is 5.43 Å². The highest BCUT2D eigenvalue weighted by Crippen LogP contribution is 2.37. The molecule has 1 heterocycles. The fourth-order valence-electron chi connectivity index (χ4n) is 1.85. The van der Waals surface area contributed by atoms with Gasteiger partial charge in [-0.05, 0) is 44.0 Å². The molecule has 0 spiro atoms. The zero-order valence-corrected chi connectivity index (χ0v) is 11.8. The molecule has 18 heavy (non-hydrogen) atoms. The highest BCUT2D eigenvalue weighted by molar-refractivity contribution is 7.15. The van der Waals surface area contributed by atoms with Gasteiger partial charge in [0.05, 0.1) is 12.8 Å². The maximum absolute atomic E-state index is 5.45. The molecule has 5 heteroatoms. The smallest absolute Gasteiger partial charge is 0.197 e. The van der Waals surface area contributed by atoms with Crippen LogP contribution in [0.15, 0.2) is 12.1 Å². The average Bonchev–Trinajstić information content (AvgIpc) is 2.73. The predicted molar refractivity (Wildman–Crippen MR) is 76.1 cm³/mol. The second-order valence-electron chi connectivity index (χ2n) is 4.20. The van der Waals surface area contributed by atoms with E-state index in [0.29, 0.717) is 5.13 Å². The van der Waals surface area contributed by atoms with Crippen LogP contribution in [0.2, 0.25) is 0 Å². The number of anilines is 1. The van der Waals surface area contributed by atoms with E-state index < -0.39 is 0 Å². The molecule has 0 fully saturated rings. The Morgan fingerprint density at radius 3 is 2.44 bits per heavy atom. The Kier molecular flexibility index (Phi) is 3.54. The van der Waals surface area contributed by atoms with Crippen molar-refractivity contribution in [2.45, 2.75) is 20.8 Å². The number of nitrogens with two attached hydrogens (primary N) is 1. The molecule has 0 aliphatic heterocycles. The Hall–Kier alpha value is -1.59. The molecule has 3 N–H and O–H groups in total. The summed E-state index contributed by atoms with van der Waals surface area (Å²) in [5.74, 6) is 6.24. The number of nitrogen functional groups attached to an aromatic ring is 1. The lowest BCUT2D eigenvalue weighted by Gasteiger charge is -2.10. The van der Waals surface area contributed by atoms with Gasteiger partial charge in [-0.2, -0.15) is 0 Å². The van der Waals surface area contributed by atoms with Crippen molar-refractivity contribution in [3.63, 3.8) is 0 Å². The van der Waals surface area contributed by atoms with Crippen LogP contribution >= 0.6 is 11.3 Å². The summed E-state index contributed by atoms with van der Waals surface area (Å²) >= 11 is 1.54. The van der Waals surface area contributed by atoms with Gasteiger partial charge in [-0.25, -0.2) is 10.8 Å². The molecule has 0 saturated heterocycles. The second kappa shape index (κ2) is 4.96. The van der Waals surface area contributed by atoms with Crippen LogP contribution in [0.4, 0.5) is 5.13 Å². The third-order valence-electron chi connectivity index (χ3n) is 2.99. The van der Waals surface area contributed by atoms with Crippen LogP contribution in [0, 0.1) is 20.8 Å². The van der Waals surface area contributed by atoms with E-state index in [9.17, 15) is 0 Å². The Morgan fingerprint density at radius 1 is 1.22 bits per heavy atom. The molecule has 2 rings (SSSR count). The van der Waals surface area contributed by atoms with Crippen LogP contribution in [0.1, 0.15) is 16.0 Å². The first-order valence-electron chi connectivity index (χ1n) is 5.66. The van der Waals surface area contributed by atoms with Crippen LogP contribution in [0.5, 0.6) is 5.75 Å². The summed E-state index contributed by atoms with van der Waals surface area (Å²) in [7, 11) is 1.68. The Bertz CT molecular complexity index is 578. The van der Waals surface area contributed by atoms with Gasteiger partial charge >= 0.3 is 0 Å². The quantitative estimate of drug-likeness (QED) is 0.660. The minimum Gasteiger partial charge on any atom is -0.496 e. The lowest BCUT2D eigenvalue weighted by atomic mass is 10.0. The minimum atomic E-state index is 0.711. The van der Waals surface area contributed by atoms with Crippen molar-refractivity contribution in [3.05, 3.63) is 28.1 Å². The molecule has 0 aliphatic carbocycles. The lowest BCUT2D eigenvalue weighted by molar-refractivity contribution is 0.416. The summed E-state index contributed by atoms with van der Waals surface area (Å²) in [5.41, 5.74) is 6.95. The zero-order chi connectivity index (χ0) is 13.3. The molecule has 96 valence electrons. The molecule has 1 aromatic carbocycles. The molecular weight excluding hydrogens is 246 g/mol. The first-order valence-corrected chi connectivity index (χ1v) is 6.48. The zero-order valence-electron chi connectivity index (χ0n) is 11.0. The highest BCUT2D eigenvalue weighted by atomic mass is 32.1. The number of thiazole rings is 1. The topological polar surface area (TPSA) is 60.2 Å². The molecule has 0 amide bonds. The van der Waals surface area contributed by atoms with E-state index in [1.165, 1.54) is 22.5 Å². The molecule has 0 bridgehead atoms. The van der Waals surface area contributed by atoms with Crippen molar-refractivity contribution < 1.29 is 4.74 Å². The summed E-state index contributed by atoms with van der Waals surface area (Å²) in [6.07, 6.45) is 0. The van der Waals surface area contributed by atoms with E-state index >= 15 is 0 Å². The summed E-state index contributed by atoms with van der Waals surface area (Å²) in [6.45, 7) is 6.19. The van der Waals surface area contributed by atoms with E-state index in [2.05, 4.69) is 30.3 Å². The maximum Gasteiger partial charge on any atom is 0.197 e. The number of benzene rings is 1. The van der Waals surface area contributed by atoms with Crippen LogP contribution in [-0.4, -0.2) is 12.1 Å². The van der Waals surface area contributed by atoms with Crippen LogP contribution in [-0.2, 0) is 0 Å². The largest absolute Gasteiger partial charge is 0.496 e. The van der Waals surface area contributed by atoms with Gasteiger partial charge in [0.2, 0.25) is 0 Å². The molecule has 4 nitrogen and oxygen atoms in total. The van der Waals surface area contributed by atoms with Crippen LogP contribution in [0.25, 0.3) is 11.3 Å². The van der Waals surface area contributed by atoms with E-state index in [4.69, 9.17) is 10.6 Å². The normalized spacial score (nSPS) is 10.5. The third kappa shape index (κ3) is 2.19. The summed E-state index contributed by atoms with van der Waals surface area (Å²) < 4.78 is 5.45. The first kappa shape index (κ1) is 12.9. The number of aromatic nitrogens is 1. The number of methoxy groups -OCH3 is 1. The predicted octanol–water partition coefficient (Wildman–Crippen LogP) is 3.03. The van der Waals surface area contributed by atoms with Crippen molar-refractivity contribution in [2.24, 2.45) is 5.84 Å². The van der Waals surface area contributed by atoms with Gasteiger partial charge in [0.25, 0.3) is 0 Å². The highest BCUT2D eigenvalue weighted by Gasteiger charge is 2.15. The number of hydrogen-bond acceptors (Lipinski definition) is 5. The molecule has 1 aromatic heterocycles. The van der Waals surface area contributed by atoms with Gasteiger partial charge in [-0.15, -0.1) is 11.3 Å². The molecular formula is C13H17N3OS. The van der Waals surface area contributed by atoms with Crippen molar-refractivity contribution in [1.29, 1.82) is 0 Å². The molecule has 0 saturated carbocycles. The number of rotatable bonds is 3. The fourth-order valence-corrected chi connectivity index (χ4v) is 2.59. The summed E-state index contributed by atoms with van der Waals surface area (Å²) in [4.78, 5) is 5.60. The van der Waals surface area contributed by atoms with E-state index in [1.54, 1.807) is 7.11 Å². The summed E-state index contributed by atoms with van der Waals surface area (Å²) in [6, 6.07) is 4.15. The van der Waals surface area contributed by atoms with E-state index in [-0.39, 0.29) is 0 Å². The van der Waals surface area contributed by atoms with E-state index in [0.717, 1.165) is 21.9 Å². The average molecular weight is 263 g/mol. The SMILES string of the molecule is COc1cc(C)c(C)cc1-c1nc(NN)sc1C. The van der Waals surface area contributed by atoms with Crippen molar-refractivity contribution in [1.82, 2.24) is 4.98 Å². The molecule has 0 aliphatic rings. The maximum atomic E-state index is 5.45. The monoisotopic (exact) mass is 263 g/mol. The van der Waals surface area contributed by atoms with Crippen LogP contribution in [0.3, 0.4) is 0 Å². The number of nitrogens with one attached hydrogen (secondary N) is 1. The molecule has 2 aromatic rings. The minimum absolute atomic E-state index is 0.711. The number of aryl methyl sites for hydroxylation is 3. The first-order chi connectivity index (χ1) is 8.56. The van der Waals surface area contributed by atoms with Crippen molar-refractivity contribution >= 4 is 16.5 Å². The van der Waals surface area contributed by atoms with Gasteiger partial charge in [0.1, 0.15) is 5.75 Å². The fraction of sp³-hybridized carbons (Fsp3) is 0.308. The van der Waals surface area contributed by atoms with Gasteiger partial charge in [0.15, 0.2) is 5.13 Å². The van der Waals surface area contributed by atoms with Crippen LogP contribution < -0.4 is 16.0 Å². The van der Waals surface area contributed by atoms with Crippen molar-refractivity contribution in [3.8, 4) is 17.0 Å². The molecule has 0 radical (unpaired) electrons. The number of hydrazine groups is 1. The van der Waals surface area contributed by atoms with Crippen molar-refractivity contribution in [2.75, 3.05) is 12.5 Å². The Labute approximate surface area is 111 Å². The summed E-state index contributed by atoms with van der Waals surface area (Å²) in [5, 5.41) is 0.711. The van der Waals surface area contributed by atoms with Gasteiger partial charge < -0.3 is 4.74 Å². The number of nitrogens with zero attached hydrogens (tertiary/aromatic N) is 1. The third-order valence-corrected chi connectivity index (χ3v) is 3.89. The Balaban J connectivity index is 2.61.